The molecule has 0 heterocycles. The quantitative estimate of drug-likeness (QED) is 0.539. The predicted molar refractivity (Wildman–Crippen MR) is 97.8 cm³/mol. The zero-order valence-corrected chi connectivity index (χ0v) is 15.7. The average Bonchev–Trinajstić information content (AvgIpc) is 2.75. The summed E-state index contributed by atoms with van der Waals surface area (Å²) in [5, 5.41) is 0. The van der Waals surface area contributed by atoms with E-state index in [1.807, 2.05) is 66.7 Å². The summed E-state index contributed by atoms with van der Waals surface area (Å²) in [6.07, 6.45) is 1.05. The molecule has 0 N–H and O–H groups in total. The summed E-state index contributed by atoms with van der Waals surface area (Å²) >= 11 is 2.31. The first kappa shape index (κ1) is 21.6. The molecule has 0 radical (unpaired) electrons. The van der Waals surface area contributed by atoms with Crippen molar-refractivity contribution < 1.29 is 29.0 Å². The molecule has 0 aromatic heterocycles. The molecule has 3 aromatic rings. The van der Waals surface area contributed by atoms with E-state index in [4.69, 9.17) is 13.3 Å². The molecule has 0 aliphatic rings. The second-order valence-electron chi connectivity index (χ2n) is 5.09. The standard InChI is InChI=1S/C13H11O.C9H11O.Co.O/c1-3-7-12(8-4-1)11-14-13-9-5-2-6-10-13;1-2-8-10-9-6-4-3-5-7-9;;/h1,3-10H,11H2;4-7H,2,8H2,1H3;;/q2*-1;;. The molecule has 0 fully saturated rings. The Morgan fingerprint density at radius 3 is 1.77 bits per heavy atom. The summed E-state index contributed by atoms with van der Waals surface area (Å²) in [6.45, 7) is 3.50. The Morgan fingerprint density at radius 1 is 0.769 bits per heavy atom. The van der Waals surface area contributed by atoms with Crippen LogP contribution in [-0.2, 0) is 26.1 Å². The monoisotopic (exact) mass is 393 g/mol. The van der Waals surface area contributed by atoms with Crippen molar-refractivity contribution in [2.24, 2.45) is 0 Å². The molecule has 0 aliphatic heterocycles. The first-order valence-electron chi connectivity index (χ1n) is 8.24. The minimum atomic E-state index is 0.616. The van der Waals surface area contributed by atoms with Gasteiger partial charge in [-0.25, -0.2) is 0 Å². The van der Waals surface area contributed by atoms with Crippen LogP contribution in [0.2, 0.25) is 0 Å². The van der Waals surface area contributed by atoms with E-state index in [0.717, 1.165) is 24.5 Å². The molecule has 4 heteroatoms. The molecule has 0 atom stereocenters. The van der Waals surface area contributed by atoms with E-state index in [2.05, 4.69) is 46.9 Å². The van der Waals surface area contributed by atoms with Crippen LogP contribution in [0.5, 0.6) is 11.5 Å². The summed E-state index contributed by atoms with van der Waals surface area (Å²) in [4.78, 5) is 0. The van der Waals surface area contributed by atoms with Crippen molar-refractivity contribution in [2.45, 2.75) is 20.0 Å². The van der Waals surface area contributed by atoms with E-state index in [9.17, 15) is 0 Å². The summed E-state index contributed by atoms with van der Waals surface area (Å²) < 4.78 is 18.8. The molecule has 0 saturated heterocycles. The molecule has 3 aromatic carbocycles. The second-order valence-corrected chi connectivity index (χ2v) is 5.09. The first-order valence-corrected chi connectivity index (χ1v) is 8.66. The fourth-order valence-corrected chi connectivity index (χ4v) is 1.90. The summed E-state index contributed by atoms with van der Waals surface area (Å²) in [7, 11) is 0. The maximum absolute atomic E-state index is 7.94. The Kier molecular flexibility index (Phi) is 12.4. The van der Waals surface area contributed by atoms with Gasteiger partial charge in [0.05, 0.1) is 6.61 Å². The SMILES string of the molecule is CCCOc1cc[c-]cc1.[O]=[Co].[c-]1ccc(OCc2ccccc2)cc1. The van der Waals surface area contributed by atoms with Crippen LogP contribution in [0, 0.1) is 12.1 Å². The van der Waals surface area contributed by atoms with Crippen LogP contribution in [0.25, 0.3) is 0 Å². The fourth-order valence-electron chi connectivity index (χ4n) is 1.90. The van der Waals surface area contributed by atoms with Crippen molar-refractivity contribution in [1.82, 2.24) is 0 Å². The third-order valence-electron chi connectivity index (χ3n) is 3.10. The molecule has 3 nitrogen and oxygen atoms in total. The first-order chi connectivity index (χ1) is 12.9. The third kappa shape index (κ3) is 9.76. The maximum atomic E-state index is 7.94. The van der Waals surface area contributed by atoms with Crippen LogP contribution in [0.3, 0.4) is 0 Å². The number of rotatable bonds is 6. The van der Waals surface area contributed by atoms with Crippen molar-refractivity contribution in [3.63, 3.8) is 0 Å². The molecule has 139 valence electrons. The summed E-state index contributed by atoms with van der Waals surface area (Å²) in [5.74, 6) is 1.81. The van der Waals surface area contributed by atoms with E-state index in [0.29, 0.717) is 6.61 Å². The van der Waals surface area contributed by atoms with E-state index >= 15 is 0 Å². The fraction of sp³-hybridized carbons (Fsp3) is 0.182. The molecule has 0 unspecified atom stereocenters. The molecular formula is C22H22CoO3-2. The van der Waals surface area contributed by atoms with E-state index < -0.39 is 0 Å². The van der Waals surface area contributed by atoms with E-state index in [1.54, 1.807) is 0 Å². The van der Waals surface area contributed by atoms with Crippen molar-refractivity contribution in [1.29, 1.82) is 0 Å². The summed E-state index contributed by atoms with van der Waals surface area (Å²) in [6, 6.07) is 31.0. The number of hydrogen-bond acceptors (Lipinski definition) is 3. The van der Waals surface area contributed by atoms with Crippen LogP contribution < -0.4 is 9.47 Å². The number of benzene rings is 3. The van der Waals surface area contributed by atoms with Crippen LogP contribution in [0.1, 0.15) is 18.9 Å². The van der Waals surface area contributed by atoms with E-state index in [1.165, 1.54) is 5.56 Å². The molecule has 0 spiro atoms. The molecular weight excluding hydrogens is 371 g/mol. The van der Waals surface area contributed by atoms with Crippen LogP contribution >= 0.6 is 0 Å². The molecule has 26 heavy (non-hydrogen) atoms. The van der Waals surface area contributed by atoms with Gasteiger partial charge in [0.15, 0.2) is 0 Å². The smallest absolute Gasteiger partial charge is 0.110 e. The van der Waals surface area contributed by atoms with Gasteiger partial charge >= 0.3 is 19.5 Å². The predicted octanol–water partition coefficient (Wildman–Crippen LogP) is 5.22. The van der Waals surface area contributed by atoms with Crippen LogP contribution in [0.4, 0.5) is 0 Å². The van der Waals surface area contributed by atoms with Gasteiger partial charge in [0.1, 0.15) is 6.61 Å². The van der Waals surface area contributed by atoms with E-state index in [-0.39, 0.29) is 0 Å². The van der Waals surface area contributed by atoms with Crippen molar-refractivity contribution in [2.75, 3.05) is 6.61 Å². The van der Waals surface area contributed by atoms with Gasteiger partial charge in [0, 0.05) is 11.5 Å². The van der Waals surface area contributed by atoms with Gasteiger partial charge in [-0.2, -0.15) is 36.4 Å². The minimum absolute atomic E-state index is 0.616. The Morgan fingerprint density at radius 2 is 1.27 bits per heavy atom. The average molecular weight is 393 g/mol. The molecule has 0 saturated carbocycles. The number of ether oxygens (including phenoxy) is 2. The van der Waals surface area contributed by atoms with Gasteiger partial charge < -0.3 is 9.47 Å². The largest absolute Gasteiger partial charge is 0.514 e. The third-order valence-corrected chi connectivity index (χ3v) is 3.10. The molecule has 3 rings (SSSR count). The molecule has 0 amide bonds. The van der Waals surface area contributed by atoms with Crippen LogP contribution in [0.15, 0.2) is 78.9 Å². The van der Waals surface area contributed by atoms with Crippen molar-refractivity contribution in [3.05, 3.63) is 96.6 Å². The molecule has 0 bridgehead atoms. The number of hydrogen-bond donors (Lipinski definition) is 0. The van der Waals surface area contributed by atoms with Gasteiger partial charge in [0.2, 0.25) is 0 Å². The van der Waals surface area contributed by atoms with Gasteiger partial charge in [-0.05, 0) is 12.0 Å². The second kappa shape index (κ2) is 14.9. The van der Waals surface area contributed by atoms with Crippen LogP contribution in [-0.4, -0.2) is 6.61 Å². The van der Waals surface area contributed by atoms with Gasteiger partial charge in [-0.15, -0.1) is 24.3 Å². The van der Waals surface area contributed by atoms with Crippen molar-refractivity contribution >= 4 is 0 Å². The topological polar surface area (TPSA) is 35.5 Å². The normalized spacial score (nSPS) is 9.00. The zero-order chi connectivity index (χ0) is 18.9. The van der Waals surface area contributed by atoms with Gasteiger partial charge in [-0.3, -0.25) is 0 Å². The Hall–Kier alpha value is -2.43. The summed E-state index contributed by atoms with van der Waals surface area (Å²) in [5.41, 5.74) is 1.18. The Bertz CT molecular complexity index is 636. The maximum Gasteiger partial charge on any atom is 0.110 e. The van der Waals surface area contributed by atoms with Gasteiger partial charge in [-0.1, -0.05) is 37.3 Å². The Labute approximate surface area is 163 Å². The molecule has 0 aliphatic carbocycles. The Balaban J connectivity index is 0.000000249. The minimum Gasteiger partial charge on any atom is -0.514 e. The van der Waals surface area contributed by atoms with Gasteiger partial charge in [0.25, 0.3) is 0 Å². The zero-order valence-electron chi connectivity index (χ0n) is 14.7. The van der Waals surface area contributed by atoms with Crippen molar-refractivity contribution in [3.8, 4) is 11.5 Å².